The maximum absolute atomic E-state index is 12.2. The lowest BCUT2D eigenvalue weighted by atomic mass is 10.1. The van der Waals surface area contributed by atoms with E-state index in [4.69, 9.17) is 4.28 Å². The van der Waals surface area contributed by atoms with Crippen molar-refractivity contribution in [3.8, 4) is 0 Å². The average molecular weight is 349 g/mol. The van der Waals surface area contributed by atoms with Crippen LogP contribution in [0.25, 0.3) is 4.91 Å². The third-order valence-corrected chi connectivity index (χ3v) is 5.54. The predicted molar refractivity (Wildman–Crippen MR) is 94.4 cm³/mol. The number of nitrogens with zero attached hydrogens (tertiary/aromatic N) is 2. The first-order chi connectivity index (χ1) is 11.5. The number of rotatable bonds is 4. The highest BCUT2D eigenvalue weighted by atomic mass is 32.2. The average Bonchev–Trinajstić information content (AvgIpc) is 3.08. The van der Waals surface area contributed by atoms with Crippen molar-refractivity contribution < 1.29 is 14.2 Å². The van der Waals surface area contributed by atoms with Gasteiger partial charge in [-0.1, -0.05) is 24.3 Å². The van der Waals surface area contributed by atoms with Crippen LogP contribution in [0.3, 0.4) is 0 Å². The summed E-state index contributed by atoms with van der Waals surface area (Å²) in [5.41, 5.74) is 3.24. The van der Waals surface area contributed by atoms with Crippen molar-refractivity contribution in [3.63, 3.8) is 0 Å². The van der Waals surface area contributed by atoms with Gasteiger partial charge in [-0.25, -0.2) is 5.06 Å². The molecule has 3 rings (SSSR count). The zero-order valence-electron chi connectivity index (χ0n) is 14.2. The number of hydrogen-bond acceptors (Lipinski definition) is 6. The maximum atomic E-state index is 12.2. The van der Waals surface area contributed by atoms with E-state index in [0.717, 1.165) is 21.7 Å². The van der Waals surface area contributed by atoms with Crippen molar-refractivity contribution in [1.82, 2.24) is 15.3 Å². The van der Waals surface area contributed by atoms with E-state index in [1.807, 2.05) is 50.2 Å². The first-order valence-electron chi connectivity index (χ1n) is 8.00. The molecule has 1 amide bonds. The van der Waals surface area contributed by atoms with Gasteiger partial charge in [0.15, 0.2) is 0 Å². The number of carbonyl (C=O) groups excluding carboxylic acids is 1. The van der Waals surface area contributed by atoms with E-state index in [1.165, 1.54) is 12.0 Å². The number of nitrogens with one attached hydrogen (secondary N) is 1. The predicted octanol–water partition coefficient (Wildman–Crippen LogP) is 1.58. The summed E-state index contributed by atoms with van der Waals surface area (Å²) in [5, 5.41) is 14.3. The van der Waals surface area contributed by atoms with Crippen LogP contribution in [0.1, 0.15) is 24.5 Å². The van der Waals surface area contributed by atoms with Crippen LogP contribution >= 0.6 is 12.0 Å². The van der Waals surface area contributed by atoms with Crippen molar-refractivity contribution >= 4 is 22.9 Å². The summed E-state index contributed by atoms with van der Waals surface area (Å²) in [6.45, 7) is 3.06. The molecule has 2 aliphatic rings. The van der Waals surface area contributed by atoms with Gasteiger partial charge in [-0.15, -0.1) is 0 Å². The molecule has 1 aromatic rings. The Morgan fingerprint density at radius 1 is 1.38 bits per heavy atom. The minimum atomic E-state index is -0.411. The second-order valence-corrected chi connectivity index (χ2v) is 7.05. The van der Waals surface area contributed by atoms with Crippen LogP contribution < -0.4 is 5.32 Å². The highest BCUT2D eigenvalue weighted by Gasteiger charge is 2.33. The lowest BCUT2D eigenvalue weighted by Crippen LogP contribution is -2.41. The maximum Gasteiger partial charge on any atom is 0.237 e. The van der Waals surface area contributed by atoms with Crippen molar-refractivity contribution in [2.45, 2.75) is 32.0 Å². The van der Waals surface area contributed by atoms with Gasteiger partial charge >= 0.3 is 0 Å². The summed E-state index contributed by atoms with van der Waals surface area (Å²) >= 11 is 1.36. The Labute approximate surface area is 146 Å². The fourth-order valence-corrected chi connectivity index (χ4v) is 3.75. The summed E-state index contributed by atoms with van der Waals surface area (Å²) < 4.78 is 5.41. The van der Waals surface area contributed by atoms with Crippen LogP contribution in [-0.4, -0.2) is 53.8 Å². The Morgan fingerprint density at radius 2 is 2.08 bits per heavy atom. The van der Waals surface area contributed by atoms with E-state index in [1.54, 1.807) is 5.06 Å². The molecule has 0 radical (unpaired) electrons. The first kappa shape index (κ1) is 17.3. The SMILES string of the molecule is CC1=C(c2ccc(CNC(=O)C3CC(O)CN3C)cc2)SON1C. The molecule has 0 aromatic heterocycles. The molecule has 130 valence electrons. The molecule has 0 aliphatic carbocycles. The van der Waals surface area contributed by atoms with Crippen LogP contribution in [0.4, 0.5) is 0 Å². The standard InChI is InChI=1S/C17H23N3O3S/c1-11-16(24-23-20(11)3)13-6-4-12(5-7-13)9-18-17(22)15-8-14(21)10-19(15)2/h4-7,14-15,21H,8-10H2,1-3H3,(H,18,22). The van der Waals surface area contributed by atoms with E-state index in [-0.39, 0.29) is 11.9 Å². The van der Waals surface area contributed by atoms with Gasteiger partial charge in [0.2, 0.25) is 5.91 Å². The molecule has 2 aliphatic heterocycles. The Morgan fingerprint density at radius 3 is 2.62 bits per heavy atom. The summed E-state index contributed by atoms with van der Waals surface area (Å²) in [5.74, 6) is -0.0296. The molecule has 1 aromatic carbocycles. The second kappa shape index (κ2) is 7.14. The number of hydrogen-bond donors (Lipinski definition) is 2. The number of β-amino-alcohol motifs (C(OH)–C–C–N with tert-alkyl or cyclic N) is 1. The van der Waals surface area contributed by atoms with E-state index >= 15 is 0 Å². The third-order valence-electron chi connectivity index (χ3n) is 4.54. The molecule has 0 saturated carbocycles. The molecule has 7 heteroatoms. The Hall–Kier alpha value is -1.54. The molecule has 1 fully saturated rings. The number of amides is 1. The lowest BCUT2D eigenvalue weighted by molar-refractivity contribution is -0.125. The van der Waals surface area contributed by atoms with Crippen LogP contribution in [-0.2, 0) is 15.6 Å². The van der Waals surface area contributed by atoms with Crippen LogP contribution in [0, 0.1) is 0 Å². The van der Waals surface area contributed by atoms with Crippen molar-refractivity contribution in [3.05, 3.63) is 41.1 Å². The molecule has 2 unspecified atom stereocenters. The lowest BCUT2D eigenvalue weighted by Gasteiger charge is -2.18. The van der Waals surface area contributed by atoms with Crippen LogP contribution in [0.5, 0.6) is 0 Å². The molecule has 0 bridgehead atoms. The van der Waals surface area contributed by atoms with Gasteiger partial charge in [0.05, 0.1) is 34.8 Å². The number of benzene rings is 1. The molecule has 2 atom stereocenters. The molecular weight excluding hydrogens is 326 g/mol. The van der Waals surface area contributed by atoms with Gasteiger partial charge in [0.25, 0.3) is 0 Å². The monoisotopic (exact) mass is 349 g/mol. The third kappa shape index (κ3) is 3.59. The van der Waals surface area contributed by atoms with E-state index in [0.29, 0.717) is 19.5 Å². The Kier molecular flexibility index (Phi) is 5.15. The molecular formula is C17H23N3O3S. The number of carbonyl (C=O) groups is 1. The number of allylic oxidation sites excluding steroid dienone is 1. The van der Waals surface area contributed by atoms with Crippen molar-refractivity contribution in [1.29, 1.82) is 0 Å². The number of aliphatic hydroxyl groups excluding tert-OH is 1. The number of likely N-dealkylation sites (tertiary alicyclic amines) is 1. The van der Waals surface area contributed by atoms with Gasteiger partial charge < -0.3 is 10.4 Å². The summed E-state index contributed by atoms with van der Waals surface area (Å²) in [4.78, 5) is 15.2. The van der Waals surface area contributed by atoms with Crippen molar-refractivity contribution in [2.75, 3.05) is 20.6 Å². The van der Waals surface area contributed by atoms with Gasteiger partial charge in [-0.2, -0.15) is 4.28 Å². The Balaban J connectivity index is 1.58. The van der Waals surface area contributed by atoms with Gasteiger partial charge in [0.1, 0.15) is 0 Å². The minimum absolute atomic E-state index is 0.0296. The topological polar surface area (TPSA) is 65.0 Å². The summed E-state index contributed by atoms with van der Waals surface area (Å²) in [7, 11) is 3.75. The normalized spacial score (nSPS) is 24.8. The molecule has 2 heterocycles. The Bertz CT molecular complexity index is 647. The number of aliphatic hydroxyl groups is 1. The zero-order valence-corrected chi connectivity index (χ0v) is 15.0. The fraction of sp³-hybridized carbons (Fsp3) is 0.471. The molecule has 2 N–H and O–H groups in total. The fourth-order valence-electron chi connectivity index (χ4n) is 2.97. The van der Waals surface area contributed by atoms with Crippen molar-refractivity contribution in [2.24, 2.45) is 0 Å². The van der Waals surface area contributed by atoms with Gasteiger partial charge in [0, 0.05) is 20.1 Å². The highest BCUT2D eigenvalue weighted by molar-refractivity contribution is 8.04. The van der Waals surface area contributed by atoms with Gasteiger partial charge in [-0.05, 0) is 31.5 Å². The van der Waals surface area contributed by atoms with E-state index in [2.05, 4.69) is 5.32 Å². The molecule has 24 heavy (non-hydrogen) atoms. The number of hydroxylamine groups is 2. The second-order valence-electron chi connectivity index (χ2n) is 6.33. The van der Waals surface area contributed by atoms with Crippen LogP contribution in [0.15, 0.2) is 30.0 Å². The first-order valence-corrected chi connectivity index (χ1v) is 8.74. The number of likely N-dealkylation sites (N-methyl/N-ethyl adjacent to an activating group) is 1. The largest absolute Gasteiger partial charge is 0.392 e. The molecule has 1 saturated heterocycles. The smallest absolute Gasteiger partial charge is 0.237 e. The zero-order chi connectivity index (χ0) is 17.3. The summed E-state index contributed by atoms with van der Waals surface area (Å²) in [6, 6.07) is 7.88. The molecule has 0 spiro atoms. The summed E-state index contributed by atoms with van der Waals surface area (Å²) in [6.07, 6.45) is 0.0882. The van der Waals surface area contributed by atoms with Gasteiger partial charge in [-0.3, -0.25) is 9.69 Å². The molecule has 6 nitrogen and oxygen atoms in total. The highest BCUT2D eigenvalue weighted by Crippen LogP contribution is 2.39. The van der Waals surface area contributed by atoms with E-state index in [9.17, 15) is 9.90 Å². The van der Waals surface area contributed by atoms with E-state index < -0.39 is 6.10 Å². The quantitative estimate of drug-likeness (QED) is 0.805. The van der Waals surface area contributed by atoms with Crippen LogP contribution in [0.2, 0.25) is 0 Å². The minimum Gasteiger partial charge on any atom is -0.392 e.